The molecule has 0 bridgehead atoms. The summed E-state index contributed by atoms with van der Waals surface area (Å²) in [5.74, 6) is -0.0933. The van der Waals surface area contributed by atoms with E-state index in [0.29, 0.717) is 23.8 Å². The molecule has 3 amide bonds. The van der Waals surface area contributed by atoms with E-state index in [9.17, 15) is 9.59 Å². The fourth-order valence-corrected chi connectivity index (χ4v) is 2.04. The van der Waals surface area contributed by atoms with Crippen LogP contribution >= 0.6 is 0 Å². The molecule has 6 nitrogen and oxygen atoms in total. The molecule has 0 aromatic heterocycles. The van der Waals surface area contributed by atoms with Crippen LogP contribution in [0.3, 0.4) is 0 Å². The van der Waals surface area contributed by atoms with Crippen LogP contribution in [0.1, 0.15) is 30.6 Å². The molecule has 1 aromatic carbocycles. The number of urea groups is 1. The second-order valence-electron chi connectivity index (χ2n) is 5.90. The van der Waals surface area contributed by atoms with Gasteiger partial charge in [-0.2, -0.15) is 0 Å². The van der Waals surface area contributed by atoms with Crippen LogP contribution < -0.4 is 10.6 Å². The highest BCUT2D eigenvalue weighted by molar-refractivity contribution is 5.96. The number of rotatable bonds is 7. The lowest BCUT2D eigenvalue weighted by molar-refractivity contribution is 0.0827. The van der Waals surface area contributed by atoms with Gasteiger partial charge in [-0.1, -0.05) is 13.0 Å². The molecule has 6 heteroatoms. The van der Waals surface area contributed by atoms with Gasteiger partial charge in [0.15, 0.2) is 0 Å². The summed E-state index contributed by atoms with van der Waals surface area (Å²) < 4.78 is 0. The normalized spacial score (nSPS) is 11.9. The van der Waals surface area contributed by atoms with Crippen molar-refractivity contribution in [1.82, 2.24) is 15.1 Å². The number of amides is 3. The van der Waals surface area contributed by atoms with Crippen molar-refractivity contribution in [2.75, 3.05) is 39.5 Å². The van der Waals surface area contributed by atoms with Crippen molar-refractivity contribution in [1.29, 1.82) is 0 Å². The second-order valence-corrected chi connectivity index (χ2v) is 5.90. The maximum absolute atomic E-state index is 11.9. The molecule has 0 fully saturated rings. The predicted octanol–water partition coefficient (Wildman–Crippen LogP) is 2.24. The Hall–Kier alpha value is -2.08. The Labute approximate surface area is 138 Å². The molecule has 0 spiro atoms. The van der Waals surface area contributed by atoms with Gasteiger partial charge in [-0.15, -0.1) is 0 Å². The molecule has 0 aliphatic rings. The molecule has 2 N–H and O–H groups in total. The van der Waals surface area contributed by atoms with Crippen LogP contribution in [-0.2, 0) is 0 Å². The van der Waals surface area contributed by atoms with E-state index in [2.05, 4.69) is 29.4 Å². The number of carbonyl (C=O) groups is 2. The topological polar surface area (TPSA) is 64.7 Å². The number of anilines is 1. The Morgan fingerprint density at radius 1 is 1.22 bits per heavy atom. The minimum atomic E-state index is -0.267. The average molecular weight is 320 g/mol. The van der Waals surface area contributed by atoms with E-state index in [-0.39, 0.29) is 11.9 Å². The molecular weight excluding hydrogens is 292 g/mol. The van der Waals surface area contributed by atoms with Crippen LogP contribution in [0.15, 0.2) is 24.3 Å². The highest BCUT2D eigenvalue weighted by Gasteiger charge is 2.10. The van der Waals surface area contributed by atoms with Gasteiger partial charge in [0.2, 0.25) is 0 Å². The van der Waals surface area contributed by atoms with Crippen LogP contribution in [-0.4, -0.2) is 62.0 Å². The Morgan fingerprint density at radius 3 is 2.52 bits per heavy atom. The molecule has 1 rings (SSSR count). The van der Waals surface area contributed by atoms with Crippen LogP contribution in [0.2, 0.25) is 0 Å². The Bertz CT molecular complexity index is 531. The number of benzene rings is 1. The SMILES string of the molecule is CC[C@@H](C)N(C)CCNC(=O)Nc1cccc(C(=O)N(C)C)c1. The van der Waals surface area contributed by atoms with Gasteiger partial charge in [-0.05, 0) is 38.6 Å². The molecule has 0 unspecified atom stereocenters. The molecular formula is C17H28N4O2. The molecule has 1 aromatic rings. The summed E-state index contributed by atoms with van der Waals surface area (Å²) in [5, 5.41) is 5.58. The molecule has 0 aliphatic carbocycles. The summed E-state index contributed by atoms with van der Waals surface area (Å²) >= 11 is 0. The number of carbonyl (C=O) groups excluding carboxylic acids is 2. The summed E-state index contributed by atoms with van der Waals surface area (Å²) in [4.78, 5) is 27.5. The quantitative estimate of drug-likeness (QED) is 0.810. The fourth-order valence-electron chi connectivity index (χ4n) is 2.04. The summed E-state index contributed by atoms with van der Waals surface area (Å²) in [6.45, 7) is 5.67. The van der Waals surface area contributed by atoms with Gasteiger partial charge < -0.3 is 20.4 Å². The van der Waals surface area contributed by atoms with E-state index in [1.807, 2.05) is 7.05 Å². The minimum absolute atomic E-state index is 0.0933. The third-order valence-corrected chi connectivity index (χ3v) is 3.87. The van der Waals surface area contributed by atoms with Crippen molar-refractivity contribution >= 4 is 17.6 Å². The average Bonchev–Trinajstić information content (AvgIpc) is 2.53. The predicted molar refractivity (Wildman–Crippen MR) is 93.9 cm³/mol. The van der Waals surface area contributed by atoms with Gasteiger partial charge in [0.1, 0.15) is 0 Å². The lowest BCUT2D eigenvalue weighted by Gasteiger charge is -2.23. The first-order valence-electron chi connectivity index (χ1n) is 7.92. The maximum atomic E-state index is 11.9. The van der Waals surface area contributed by atoms with E-state index >= 15 is 0 Å². The van der Waals surface area contributed by atoms with Crippen LogP contribution in [0.5, 0.6) is 0 Å². The zero-order valence-corrected chi connectivity index (χ0v) is 14.7. The highest BCUT2D eigenvalue weighted by Crippen LogP contribution is 2.11. The number of hydrogen-bond donors (Lipinski definition) is 2. The van der Waals surface area contributed by atoms with Crippen LogP contribution in [0.25, 0.3) is 0 Å². The number of likely N-dealkylation sites (N-methyl/N-ethyl adjacent to an activating group) is 1. The fraction of sp³-hybridized carbons (Fsp3) is 0.529. The lowest BCUT2D eigenvalue weighted by Crippen LogP contribution is -2.38. The molecule has 0 heterocycles. The lowest BCUT2D eigenvalue weighted by atomic mass is 10.2. The summed E-state index contributed by atoms with van der Waals surface area (Å²) in [6, 6.07) is 7.14. The van der Waals surface area contributed by atoms with Crippen molar-refractivity contribution in [2.24, 2.45) is 0 Å². The number of hydrogen-bond acceptors (Lipinski definition) is 3. The first-order valence-corrected chi connectivity index (χ1v) is 7.92. The maximum Gasteiger partial charge on any atom is 0.319 e. The first kappa shape index (κ1) is 19.0. The zero-order chi connectivity index (χ0) is 17.4. The highest BCUT2D eigenvalue weighted by atomic mass is 16.2. The molecule has 128 valence electrons. The standard InChI is InChI=1S/C17H28N4O2/c1-6-13(2)21(5)11-10-18-17(23)19-15-9-7-8-14(12-15)16(22)20(3)4/h7-9,12-13H,6,10-11H2,1-5H3,(H2,18,19,23)/t13-/m1/s1. The summed E-state index contributed by atoms with van der Waals surface area (Å²) in [6.07, 6.45) is 1.08. The Morgan fingerprint density at radius 2 is 1.91 bits per heavy atom. The third-order valence-electron chi connectivity index (χ3n) is 3.87. The minimum Gasteiger partial charge on any atom is -0.345 e. The van der Waals surface area contributed by atoms with Crippen molar-refractivity contribution in [2.45, 2.75) is 26.3 Å². The first-order chi connectivity index (χ1) is 10.8. The Kier molecular flexibility index (Phi) is 7.54. The zero-order valence-electron chi connectivity index (χ0n) is 14.7. The van der Waals surface area contributed by atoms with Gasteiger partial charge in [0.05, 0.1) is 0 Å². The van der Waals surface area contributed by atoms with E-state index in [1.54, 1.807) is 38.4 Å². The molecule has 0 saturated heterocycles. The molecule has 1 atom stereocenters. The van der Waals surface area contributed by atoms with Gasteiger partial charge in [-0.3, -0.25) is 4.79 Å². The third kappa shape index (κ3) is 6.28. The molecule has 23 heavy (non-hydrogen) atoms. The van der Waals surface area contributed by atoms with Crippen LogP contribution in [0, 0.1) is 0 Å². The van der Waals surface area contributed by atoms with E-state index in [4.69, 9.17) is 0 Å². The van der Waals surface area contributed by atoms with Crippen molar-refractivity contribution in [3.8, 4) is 0 Å². The van der Waals surface area contributed by atoms with E-state index < -0.39 is 0 Å². The van der Waals surface area contributed by atoms with Gasteiger partial charge in [0.25, 0.3) is 5.91 Å². The summed E-state index contributed by atoms with van der Waals surface area (Å²) in [7, 11) is 5.44. The summed E-state index contributed by atoms with van der Waals surface area (Å²) in [5.41, 5.74) is 1.15. The van der Waals surface area contributed by atoms with Gasteiger partial charge in [0, 0.05) is 44.5 Å². The smallest absolute Gasteiger partial charge is 0.319 e. The van der Waals surface area contributed by atoms with Gasteiger partial charge in [-0.25, -0.2) is 4.79 Å². The van der Waals surface area contributed by atoms with Crippen molar-refractivity contribution in [3.05, 3.63) is 29.8 Å². The number of nitrogens with zero attached hydrogens (tertiary/aromatic N) is 2. The largest absolute Gasteiger partial charge is 0.345 e. The molecule has 0 aliphatic heterocycles. The Balaban J connectivity index is 2.49. The van der Waals surface area contributed by atoms with E-state index in [0.717, 1.165) is 13.0 Å². The van der Waals surface area contributed by atoms with Crippen molar-refractivity contribution in [3.63, 3.8) is 0 Å². The molecule has 0 radical (unpaired) electrons. The van der Waals surface area contributed by atoms with Crippen LogP contribution in [0.4, 0.5) is 10.5 Å². The molecule has 0 saturated carbocycles. The van der Waals surface area contributed by atoms with Gasteiger partial charge >= 0.3 is 6.03 Å². The monoisotopic (exact) mass is 320 g/mol. The number of nitrogens with one attached hydrogen (secondary N) is 2. The second kappa shape index (κ2) is 9.15. The van der Waals surface area contributed by atoms with E-state index in [1.165, 1.54) is 4.90 Å². The van der Waals surface area contributed by atoms with Crippen molar-refractivity contribution < 1.29 is 9.59 Å².